The summed E-state index contributed by atoms with van der Waals surface area (Å²) in [6.07, 6.45) is 0. The molecule has 5 heteroatoms. The summed E-state index contributed by atoms with van der Waals surface area (Å²) in [6, 6.07) is 1.85. The molecule has 0 saturated heterocycles. The number of furan rings is 1. The summed E-state index contributed by atoms with van der Waals surface area (Å²) in [6.45, 7) is 5.70. The van der Waals surface area contributed by atoms with Gasteiger partial charge in [-0.1, -0.05) is 16.8 Å². The third-order valence-electron chi connectivity index (χ3n) is 2.91. The normalized spacial score (nSPS) is 12.4. The Labute approximate surface area is 104 Å². The zero-order valence-corrected chi connectivity index (χ0v) is 10.6. The standard InChI is InChI=1S/C12H13ClN2O2/c1-5-4-8-9(6(2)10(5)13)7(3)11(17-8)12(14)15-16/h4,16H,1-3H3,(H2,14,15). The molecule has 17 heavy (non-hydrogen) atoms. The predicted octanol–water partition coefficient (Wildman–Crippen LogP) is 3.11. The van der Waals surface area contributed by atoms with Crippen molar-refractivity contribution in [1.29, 1.82) is 0 Å². The highest BCUT2D eigenvalue weighted by molar-refractivity contribution is 6.33. The van der Waals surface area contributed by atoms with Crippen LogP contribution in [0.4, 0.5) is 0 Å². The van der Waals surface area contributed by atoms with Gasteiger partial charge in [0.05, 0.1) is 0 Å². The molecule has 0 aliphatic heterocycles. The van der Waals surface area contributed by atoms with Crippen LogP contribution in [0.15, 0.2) is 15.6 Å². The van der Waals surface area contributed by atoms with Crippen molar-refractivity contribution in [1.82, 2.24) is 0 Å². The van der Waals surface area contributed by atoms with E-state index < -0.39 is 0 Å². The van der Waals surface area contributed by atoms with Crippen molar-refractivity contribution < 1.29 is 9.62 Å². The second-order valence-corrected chi connectivity index (χ2v) is 4.42. The fourth-order valence-corrected chi connectivity index (χ4v) is 2.21. The quantitative estimate of drug-likeness (QED) is 0.355. The lowest BCUT2D eigenvalue weighted by Crippen LogP contribution is -2.13. The number of benzene rings is 1. The summed E-state index contributed by atoms with van der Waals surface area (Å²) in [5, 5.41) is 13.3. The Morgan fingerprint density at radius 3 is 2.59 bits per heavy atom. The predicted molar refractivity (Wildman–Crippen MR) is 67.9 cm³/mol. The molecule has 90 valence electrons. The van der Waals surface area contributed by atoms with Gasteiger partial charge in [0, 0.05) is 16.0 Å². The van der Waals surface area contributed by atoms with Crippen LogP contribution in [0.3, 0.4) is 0 Å². The van der Waals surface area contributed by atoms with E-state index in [0.29, 0.717) is 16.4 Å². The second-order valence-electron chi connectivity index (χ2n) is 4.05. The lowest BCUT2D eigenvalue weighted by molar-refractivity contribution is 0.317. The van der Waals surface area contributed by atoms with E-state index >= 15 is 0 Å². The van der Waals surface area contributed by atoms with Gasteiger partial charge in [0.2, 0.25) is 5.84 Å². The lowest BCUT2D eigenvalue weighted by atomic mass is 10.0. The van der Waals surface area contributed by atoms with Crippen LogP contribution in [0, 0.1) is 20.8 Å². The third kappa shape index (κ3) is 1.65. The molecular weight excluding hydrogens is 240 g/mol. The number of fused-ring (bicyclic) bond motifs is 1. The summed E-state index contributed by atoms with van der Waals surface area (Å²) < 4.78 is 5.59. The number of aryl methyl sites for hydroxylation is 3. The summed E-state index contributed by atoms with van der Waals surface area (Å²) >= 11 is 6.20. The van der Waals surface area contributed by atoms with Gasteiger partial charge in [0.15, 0.2) is 5.76 Å². The Balaban J connectivity index is 2.88. The van der Waals surface area contributed by atoms with E-state index in [1.54, 1.807) is 0 Å². The zero-order chi connectivity index (χ0) is 12.7. The topological polar surface area (TPSA) is 71.8 Å². The first kappa shape index (κ1) is 11.8. The van der Waals surface area contributed by atoms with Crippen molar-refractivity contribution in [3.63, 3.8) is 0 Å². The molecule has 0 radical (unpaired) electrons. The molecule has 1 aromatic carbocycles. The molecule has 2 rings (SSSR count). The van der Waals surface area contributed by atoms with E-state index in [-0.39, 0.29) is 5.84 Å². The molecule has 1 heterocycles. The Kier molecular flexibility index (Phi) is 2.75. The molecule has 0 amide bonds. The van der Waals surface area contributed by atoms with Crippen molar-refractivity contribution in [2.45, 2.75) is 20.8 Å². The Morgan fingerprint density at radius 1 is 1.35 bits per heavy atom. The van der Waals surface area contributed by atoms with Gasteiger partial charge in [-0.2, -0.15) is 0 Å². The second kappa shape index (κ2) is 3.96. The van der Waals surface area contributed by atoms with Crippen LogP contribution >= 0.6 is 11.6 Å². The third-order valence-corrected chi connectivity index (χ3v) is 3.49. The molecule has 0 atom stereocenters. The van der Waals surface area contributed by atoms with Crippen LogP contribution < -0.4 is 5.73 Å². The first-order valence-electron chi connectivity index (χ1n) is 5.14. The number of nitrogens with two attached hydrogens (primary N) is 1. The number of amidine groups is 1. The molecule has 0 unspecified atom stereocenters. The van der Waals surface area contributed by atoms with Gasteiger partial charge in [-0.3, -0.25) is 0 Å². The lowest BCUT2D eigenvalue weighted by Gasteiger charge is -2.03. The summed E-state index contributed by atoms with van der Waals surface area (Å²) in [7, 11) is 0. The van der Waals surface area contributed by atoms with Gasteiger partial charge < -0.3 is 15.4 Å². The van der Waals surface area contributed by atoms with Crippen molar-refractivity contribution in [3.8, 4) is 0 Å². The van der Waals surface area contributed by atoms with E-state index in [0.717, 1.165) is 22.1 Å². The van der Waals surface area contributed by atoms with Gasteiger partial charge in [-0.25, -0.2) is 0 Å². The Hall–Kier alpha value is -1.68. The number of hydrogen-bond donors (Lipinski definition) is 2. The van der Waals surface area contributed by atoms with Gasteiger partial charge in [-0.15, -0.1) is 0 Å². The fraction of sp³-hybridized carbons (Fsp3) is 0.250. The highest BCUT2D eigenvalue weighted by atomic mass is 35.5. The number of hydrogen-bond acceptors (Lipinski definition) is 3. The minimum absolute atomic E-state index is 0.0353. The van der Waals surface area contributed by atoms with Crippen molar-refractivity contribution in [2.24, 2.45) is 10.9 Å². The van der Waals surface area contributed by atoms with Crippen LogP contribution in [0.2, 0.25) is 5.02 Å². The average Bonchev–Trinajstić information content (AvgIpc) is 2.62. The van der Waals surface area contributed by atoms with E-state index in [1.165, 1.54) is 0 Å². The average molecular weight is 253 g/mol. The molecule has 0 aliphatic carbocycles. The van der Waals surface area contributed by atoms with Crippen molar-refractivity contribution >= 4 is 28.4 Å². The molecule has 0 saturated carbocycles. The molecule has 3 N–H and O–H groups in total. The number of oxime groups is 1. The van der Waals surface area contributed by atoms with Crippen LogP contribution in [-0.4, -0.2) is 11.0 Å². The summed E-state index contributed by atoms with van der Waals surface area (Å²) in [5.74, 6) is 0.346. The van der Waals surface area contributed by atoms with Crippen LogP contribution in [0.5, 0.6) is 0 Å². The maximum atomic E-state index is 8.69. The smallest absolute Gasteiger partial charge is 0.206 e. The number of rotatable bonds is 1. The minimum atomic E-state index is -0.0353. The summed E-state index contributed by atoms with van der Waals surface area (Å²) in [4.78, 5) is 0. The SMILES string of the molecule is Cc1cc2oc(C(N)=NO)c(C)c2c(C)c1Cl. The summed E-state index contributed by atoms with van der Waals surface area (Å²) in [5.41, 5.74) is 8.97. The maximum absolute atomic E-state index is 8.69. The van der Waals surface area contributed by atoms with Gasteiger partial charge in [0.1, 0.15) is 5.58 Å². The monoisotopic (exact) mass is 252 g/mol. The van der Waals surface area contributed by atoms with Crippen molar-refractivity contribution in [3.05, 3.63) is 33.5 Å². The zero-order valence-electron chi connectivity index (χ0n) is 9.84. The molecular formula is C12H13ClN2O2. The molecule has 0 bridgehead atoms. The molecule has 0 fully saturated rings. The number of nitrogens with zero attached hydrogens (tertiary/aromatic N) is 1. The molecule has 1 aromatic heterocycles. The molecule has 0 spiro atoms. The van der Waals surface area contributed by atoms with E-state index in [2.05, 4.69) is 5.16 Å². The molecule has 4 nitrogen and oxygen atoms in total. The van der Waals surface area contributed by atoms with Gasteiger partial charge >= 0.3 is 0 Å². The fourth-order valence-electron chi connectivity index (χ4n) is 2.06. The van der Waals surface area contributed by atoms with Crippen LogP contribution in [0.1, 0.15) is 22.5 Å². The Morgan fingerprint density at radius 2 is 2.00 bits per heavy atom. The Bertz CT molecular complexity index is 629. The maximum Gasteiger partial charge on any atom is 0.206 e. The van der Waals surface area contributed by atoms with E-state index in [4.69, 9.17) is 27.0 Å². The van der Waals surface area contributed by atoms with E-state index in [9.17, 15) is 0 Å². The first-order valence-corrected chi connectivity index (χ1v) is 5.51. The van der Waals surface area contributed by atoms with Gasteiger partial charge in [-0.05, 0) is 38.0 Å². The highest BCUT2D eigenvalue weighted by Crippen LogP contribution is 2.34. The van der Waals surface area contributed by atoms with E-state index in [1.807, 2.05) is 26.8 Å². The number of halogens is 1. The minimum Gasteiger partial charge on any atom is -0.452 e. The first-order chi connectivity index (χ1) is 7.97. The molecule has 2 aromatic rings. The van der Waals surface area contributed by atoms with Crippen LogP contribution in [-0.2, 0) is 0 Å². The highest BCUT2D eigenvalue weighted by Gasteiger charge is 2.18. The van der Waals surface area contributed by atoms with Crippen LogP contribution in [0.25, 0.3) is 11.0 Å². The van der Waals surface area contributed by atoms with Gasteiger partial charge in [0.25, 0.3) is 0 Å². The molecule has 0 aliphatic rings. The largest absolute Gasteiger partial charge is 0.452 e. The van der Waals surface area contributed by atoms with Crippen molar-refractivity contribution in [2.75, 3.05) is 0 Å².